The van der Waals surface area contributed by atoms with Gasteiger partial charge in [-0.05, 0) is 36.3 Å². The molecule has 0 bridgehead atoms. The largest absolute Gasteiger partial charge is 0.476 e. The molecule has 4 heteroatoms. The monoisotopic (exact) mass is 263 g/mol. The van der Waals surface area contributed by atoms with Crippen LogP contribution in [0.4, 0.5) is 11.5 Å². The number of nitrogens with zero attached hydrogens (tertiary/aromatic N) is 2. The van der Waals surface area contributed by atoms with E-state index < -0.39 is 0 Å². The third-order valence-electron chi connectivity index (χ3n) is 3.13. The van der Waals surface area contributed by atoms with E-state index in [1.807, 2.05) is 12.1 Å². The van der Waals surface area contributed by atoms with Crippen molar-refractivity contribution < 1.29 is 4.74 Å². The molecule has 1 aliphatic rings. The Morgan fingerprint density at radius 2 is 2.05 bits per heavy atom. The number of aromatic nitrogens is 1. The molecule has 1 aliphatic carbocycles. The van der Waals surface area contributed by atoms with Crippen LogP contribution in [-0.4, -0.2) is 25.2 Å². The highest BCUT2D eigenvalue weighted by Gasteiger charge is 2.23. The average Bonchev–Trinajstić information content (AvgIpc) is 3.09. The molecule has 106 valence electrons. The van der Waals surface area contributed by atoms with Gasteiger partial charge in [0.1, 0.15) is 5.82 Å². The van der Waals surface area contributed by atoms with Crippen molar-refractivity contribution in [1.29, 1.82) is 0 Å². The third-order valence-corrected chi connectivity index (χ3v) is 3.13. The molecule has 0 atom stereocenters. The predicted molar refractivity (Wildman–Crippen MR) is 79.6 cm³/mol. The maximum atomic E-state index is 5.92. The van der Waals surface area contributed by atoms with Crippen LogP contribution in [0.15, 0.2) is 12.1 Å². The third kappa shape index (κ3) is 4.30. The molecule has 1 fully saturated rings. The average molecular weight is 263 g/mol. The molecule has 1 saturated carbocycles. The van der Waals surface area contributed by atoms with Crippen LogP contribution in [0, 0.1) is 11.3 Å². The maximum absolute atomic E-state index is 5.92. The van der Waals surface area contributed by atoms with E-state index in [2.05, 4.69) is 37.7 Å². The van der Waals surface area contributed by atoms with E-state index in [-0.39, 0.29) is 5.41 Å². The zero-order valence-electron chi connectivity index (χ0n) is 12.4. The highest BCUT2D eigenvalue weighted by molar-refractivity contribution is 5.54. The summed E-state index contributed by atoms with van der Waals surface area (Å²) in [6.45, 7) is 8.32. The first-order chi connectivity index (χ1) is 8.85. The normalized spacial score (nSPS) is 15.4. The number of pyridine rings is 1. The van der Waals surface area contributed by atoms with E-state index in [4.69, 9.17) is 10.5 Å². The van der Waals surface area contributed by atoms with Crippen LogP contribution in [0.2, 0.25) is 0 Å². The Kier molecular flexibility index (Phi) is 3.88. The van der Waals surface area contributed by atoms with Gasteiger partial charge in [0.05, 0.1) is 12.3 Å². The standard InChI is InChI=1S/C15H25N3O/c1-15(2,3)10-18(4)13-8-7-12(16)14(17-13)19-9-11-5-6-11/h7-8,11H,5-6,9-10,16H2,1-4H3. The predicted octanol–water partition coefficient (Wildman–Crippen LogP) is 2.93. The Balaban J connectivity index is 2.05. The Hall–Kier alpha value is -1.45. The molecule has 2 N–H and O–H groups in total. The minimum absolute atomic E-state index is 0.229. The summed E-state index contributed by atoms with van der Waals surface area (Å²) in [5.41, 5.74) is 6.77. The van der Waals surface area contributed by atoms with Gasteiger partial charge < -0.3 is 15.4 Å². The first kappa shape index (κ1) is 14.0. The second kappa shape index (κ2) is 5.27. The van der Waals surface area contributed by atoms with Crippen molar-refractivity contribution in [3.63, 3.8) is 0 Å². The Bertz CT molecular complexity index is 436. The molecule has 0 amide bonds. The molecule has 0 aliphatic heterocycles. The zero-order valence-corrected chi connectivity index (χ0v) is 12.4. The minimum Gasteiger partial charge on any atom is -0.476 e. The quantitative estimate of drug-likeness (QED) is 0.887. The van der Waals surface area contributed by atoms with Crippen LogP contribution in [0.25, 0.3) is 0 Å². The first-order valence-corrected chi connectivity index (χ1v) is 6.95. The van der Waals surface area contributed by atoms with E-state index >= 15 is 0 Å². The molecule has 19 heavy (non-hydrogen) atoms. The van der Waals surface area contributed by atoms with Crippen LogP contribution in [0.5, 0.6) is 5.88 Å². The summed E-state index contributed by atoms with van der Waals surface area (Å²) in [6, 6.07) is 3.83. The van der Waals surface area contributed by atoms with Gasteiger partial charge >= 0.3 is 0 Å². The molecule has 0 aromatic carbocycles. The summed E-state index contributed by atoms with van der Waals surface area (Å²) in [4.78, 5) is 6.68. The molecule has 1 heterocycles. The Morgan fingerprint density at radius 1 is 1.37 bits per heavy atom. The van der Waals surface area contributed by atoms with Crippen molar-refractivity contribution in [1.82, 2.24) is 4.98 Å². The van der Waals surface area contributed by atoms with Crippen LogP contribution < -0.4 is 15.4 Å². The van der Waals surface area contributed by atoms with Gasteiger partial charge in [0.2, 0.25) is 5.88 Å². The van der Waals surface area contributed by atoms with Gasteiger partial charge in [0.15, 0.2) is 0 Å². The van der Waals surface area contributed by atoms with Gasteiger partial charge in [-0.3, -0.25) is 0 Å². The molecule has 1 aromatic heterocycles. The van der Waals surface area contributed by atoms with Crippen LogP contribution >= 0.6 is 0 Å². The fourth-order valence-electron chi connectivity index (χ4n) is 2.04. The second-order valence-corrected chi connectivity index (χ2v) is 6.73. The van der Waals surface area contributed by atoms with Gasteiger partial charge in [-0.1, -0.05) is 20.8 Å². The maximum Gasteiger partial charge on any atom is 0.239 e. The molecular weight excluding hydrogens is 238 g/mol. The summed E-state index contributed by atoms with van der Waals surface area (Å²) in [6.07, 6.45) is 2.53. The van der Waals surface area contributed by atoms with Crippen molar-refractivity contribution in [2.45, 2.75) is 33.6 Å². The lowest BCUT2D eigenvalue weighted by atomic mass is 9.96. The number of rotatable bonds is 5. The summed E-state index contributed by atoms with van der Waals surface area (Å²) in [5.74, 6) is 2.19. The second-order valence-electron chi connectivity index (χ2n) is 6.73. The van der Waals surface area contributed by atoms with Gasteiger partial charge in [0, 0.05) is 13.6 Å². The molecule has 2 rings (SSSR count). The van der Waals surface area contributed by atoms with Crippen molar-refractivity contribution in [2.24, 2.45) is 11.3 Å². The van der Waals surface area contributed by atoms with Crippen molar-refractivity contribution in [2.75, 3.05) is 30.8 Å². The van der Waals surface area contributed by atoms with Crippen LogP contribution in [0.3, 0.4) is 0 Å². The molecular formula is C15H25N3O. The van der Waals surface area contributed by atoms with Crippen LogP contribution in [0.1, 0.15) is 33.6 Å². The van der Waals surface area contributed by atoms with E-state index in [1.54, 1.807) is 0 Å². The summed E-state index contributed by atoms with van der Waals surface area (Å²) in [5, 5.41) is 0. The number of ether oxygens (including phenoxy) is 1. The number of hydrogen-bond donors (Lipinski definition) is 1. The molecule has 0 unspecified atom stereocenters. The van der Waals surface area contributed by atoms with Crippen molar-refractivity contribution >= 4 is 11.5 Å². The topological polar surface area (TPSA) is 51.4 Å². The van der Waals surface area contributed by atoms with Crippen LogP contribution in [-0.2, 0) is 0 Å². The minimum atomic E-state index is 0.229. The zero-order chi connectivity index (χ0) is 14.0. The summed E-state index contributed by atoms with van der Waals surface area (Å²) in [7, 11) is 2.05. The lowest BCUT2D eigenvalue weighted by molar-refractivity contribution is 0.290. The van der Waals surface area contributed by atoms with Gasteiger partial charge in [-0.15, -0.1) is 0 Å². The van der Waals surface area contributed by atoms with Crippen molar-refractivity contribution in [3.05, 3.63) is 12.1 Å². The van der Waals surface area contributed by atoms with Gasteiger partial charge in [-0.25, -0.2) is 0 Å². The molecule has 1 aromatic rings. The van der Waals surface area contributed by atoms with Crippen molar-refractivity contribution in [3.8, 4) is 5.88 Å². The number of nitrogens with two attached hydrogens (primary N) is 1. The van der Waals surface area contributed by atoms with Gasteiger partial charge in [0.25, 0.3) is 0 Å². The summed E-state index contributed by atoms with van der Waals surface area (Å²) >= 11 is 0. The molecule has 4 nitrogen and oxygen atoms in total. The van der Waals surface area contributed by atoms with E-state index in [1.165, 1.54) is 12.8 Å². The SMILES string of the molecule is CN(CC(C)(C)C)c1ccc(N)c(OCC2CC2)n1. The number of anilines is 2. The highest BCUT2D eigenvalue weighted by Crippen LogP contribution is 2.31. The van der Waals surface area contributed by atoms with E-state index in [0.717, 1.165) is 19.0 Å². The Morgan fingerprint density at radius 3 is 2.63 bits per heavy atom. The molecule has 0 spiro atoms. The smallest absolute Gasteiger partial charge is 0.239 e. The summed E-state index contributed by atoms with van der Waals surface area (Å²) < 4.78 is 5.72. The molecule has 0 radical (unpaired) electrons. The first-order valence-electron chi connectivity index (χ1n) is 6.95. The fourth-order valence-corrected chi connectivity index (χ4v) is 2.04. The number of hydrogen-bond acceptors (Lipinski definition) is 4. The lowest BCUT2D eigenvalue weighted by Crippen LogP contribution is -2.29. The van der Waals surface area contributed by atoms with Gasteiger partial charge in [-0.2, -0.15) is 4.98 Å². The Labute approximate surface area is 116 Å². The van der Waals surface area contributed by atoms with E-state index in [0.29, 0.717) is 17.5 Å². The molecule has 0 saturated heterocycles. The fraction of sp³-hybridized carbons (Fsp3) is 0.667. The highest BCUT2D eigenvalue weighted by atomic mass is 16.5. The van der Waals surface area contributed by atoms with E-state index in [9.17, 15) is 0 Å². The lowest BCUT2D eigenvalue weighted by Gasteiger charge is -2.27. The number of nitrogen functional groups attached to an aromatic ring is 1.